The molecule has 0 fully saturated rings. The van der Waals surface area contributed by atoms with Crippen molar-refractivity contribution in [1.29, 1.82) is 0 Å². The minimum atomic E-state index is -3.13. The maximum Gasteiger partial charge on any atom is 0.347 e. The molecule has 0 heterocycles. The highest BCUT2D eigenvalue weighted by atomic mass is 16.6. The fraction of sp³-hybridized carbons (Fsp3) is 0.280. The van der Waals surface area contributed by atoms with Gasteiger partial charge < -0.3 is 80.6 Å². The highest BCUT2D eigenvalue weighted by Crippen LogP contribution is 2.36. The van der Waals surface area contributed by atoms with Gasteiger partial charge in [-0.15, -0.1) is 0 Å². The van der Waals surface area contributed by atoms with E-state index in [4.69, 9.17) is 4.74 Å². The van der Waals surface area contributed by atoms with E-state index in [-0.39, 0.29) is 12.8 Å². The molecule has 0 radical (unpaired) electrons. The fourth-order valence-corrected chi connectivity index (χ4v) is 8.60. The van der Waals surface area contributed by atoms with Gasteiger partial charge in [-0.3, -0.25) is 0 Å². The average molecular weight is 1190 g/mol. The summed E-state index contributed by atoms with van der Waals surface area (Å²) in [6.07, 6.45) is 8.56. The smallest absolute Gasteiger partial charge is 0.347 e. The van der Waals surface area contributed by atoms with Crippen LogP contribution in [0.1, 0.15) is 270 Å². The predicted octanol–water partition coefficient (Wildman–Crippen LogP) is 4.62. The van der Waals surface area contributed by atoms with Gasteiger partial charge in [0.15, 0.2) is 0 Å². The van der Waals surface area contributed by atoms with Gasteiger partial charge in [0.05, 0.1) is 107 Å². The minimum Gasteiger partial charge on any atom is -0.478 e. The average Bonchev–Trinajstić information content (AvgIpc) is 1.15. The van der Waals surface area contributed by atoms with Crippen molar-refractivity contribution in [3.8, 4) is 0 Å². The van der Waals surface area contributed by atoms with Crippen LogP contribution in [0, 0.1) is 0 Å². The number of carboxylic acids is 13. The molecule has 0 aliphatic rings. The summed E-state index contributed by atoms with van der Waals surface area (Å²) in [4.78, 5) is 235. The zero-order valence-corrected chi connectivity index (χ0v) is 42.6. The lowest BCUT2D eigenvalue weighted by molar-refractivity contribution is 0.0342. The number of carbonyl (C=O) groups is 18. The number of benzene rings is 3. The summed E-state index contributed by atoms with van der Waals surface area (Å²) < 4.78 is 13.9. The third-order valence-corrected chi connectivity index (χ3v) is 11.9. The molecular weight excluding hydrogens is 1140 g/mol. The van der Waals surface area contributed by atoms with E-state index in [1.165, 1.54) is 0 Å². The molecule has 0 saturated heterocycles. The zero-order chi connectivity index (χ0) is 64.1. The number of hydrogen-bond donors (Lipinski definition) is 13. The van der Waals surface area contributed by atoms with Gasteiger partial charge >= 0.3 is 107 Å². The van der Waals surface area contributed by atoms with Crippen molar-refractivity contribution < 1.29 is 167 Å². The largest absolute Gasteiger partial charge is 0.478 e. The molecule has 0 saturated carbocycles. The topological polar surface area (TPSA) is 598 Å². The first-order chi connectivity index (χ1) is 39.1. The summed E-state index contributed by atoms with van der Waals surface area (Å²) in [6, 6.07) is 0. The van der Waals surface area contributed by atoms with Gasteiger partial charge in [0.1, 0.15) is 0 Å². The van der Waals surface area contributed by atoms with E-state index in [0.717, 1.165) is 51.4 Å². The summed E-state index contributed by atoms with van der Waals surface area (Å²) in [7, 11) is 0. The van der Waals surface area contributed by atoms with Crippen molar-refractivity contribution in [1.82, 2.24) is 0 Å². The van der Waals surface area contributed by atoms with Crippen molar-refractivity contribution in [2.24, 2.45) is 0 Å². The van der Waals surface area contributed by atoms with Crippen LogP contribution in [0.2, 0.25) is 0 Å². The molecule has 0 aliphatic carbocycles. The van der Waals surface area contributed by atoms with Crippen LogP contribution in [-0.2, 0) is 14.2 Å². The van der Waals surface area contributed by atoms with E-state index >= 15 is 0 Å². The number of esters is 5. The van der Waals surface area contributed by atoms with Gasteiger partial charge in [-0.05, 0) is 6.42 Å². The van der Waals surface area contributed by atoms with Crippen LogP contribution in [0.5, 0.6) is 0 Å². The molecule has 0 bridgehead atoms. The molecule has 84 heavy (non-hydrogen) atoms. The Labute approximate surface area is 464 Å². The quantitative estimate of drug-likeness (QED) is 0.0181. The van der Waals surface area contributed by atoms with Gasteiger partial charge in [-0.25, -0.2) is 86.3 Å². The molecule has 34 nitrogen and oxygen atoms in total. The zero-order valence-electron chi connectivity index (χ0n) is 42.6. The van der Waals surface area contributed by atoms with Gasteiger partial charge in [0.2, 0.25) is 0 Å². The van der Waals surface area contributed by atoms with E-state index in [1.807, 2.05) is 6.92 Å². The standard InChI is InChI=1S/C50H42O34/c1-2-3-4-5-6-7-8-9-10-11-12-13-14-82-46(77)30-26(44(73)74)21(39(63)64)27(45(75)76)31(49(80)83-47(78)28-22(40(65)66)17(35(55)56)15(33(51)52)18(36(57)58)23(28)41(67)68)32(30)50(81)84-48(79)29-24(42(69)70)19(37(59)60)16(34(53)54)20(38(61)62)25(29)43(71)72/h2-14H2,1H3,(H,51,52)(H,53,54)(H,55,56)(H,57,58)(H,59,60)(H,61,62)(H,63,64)(H,65,66)(H,67,68)(H,69,70)(H,71,72)(H,73,74)(H,75,76). The van der Waals surface area contributed by atoms with Crippen molar-refractivity contribution in [2.45, 2.75) is 84.0 Å². The lowest BCUT2D eigenvalue weighted by Crippen LogP contribution is -2.33. The molecule has 13 N–H and O–H groups in total. The molecule has 0 atom stereocenters. The Morgan fingerprint density at radius 2 is 0.357 bits per heavy atom. The van der Waals surface area contributed by atoms with E-state index in [9.17, 15) is 153 Å². The van der Waals surface area contributed by atoms with Gasteiger partial charge in [0, 0.05) is 0 Å². The van der Waals surface area contributed by atoms with Crippen molar-refractivity contribution in [3.63, 3.8) is 0 Å². The number of carboxylic acid groups (broad SMARTS) is 13. The van der Waals surface area contributed by atoms with Crippen molar-refractivity contribution in [2.75, 3.05) is 6.61 Å². The first kappa shape index (κ1) is 66.8. The summed E-state index contributed by atoms with van der Waals surface area (Å²) in [5, 5.41) is 131. The molecule has 0 amide bonds. The number of unbranched alkanes of at least 4 members (excludes halogenated alkanes) is 11. The molecule has 3 aromatic rings. The van der Waals surface area contributed by atoms with Crippen LogP contribution in [0.25, 0.3) is 0 Å². The molecule has 0 unspecified atom stereocenters. The Morgan fingerprint density at radius 3 is 0.548 bits per heavy atom. The number of ether oxygens (including phenoxy) is 3. The maximum atomic E-state index is 14.6. The molecule has 446 valence electrons. The van der Waals surface area contributed by atoms with Crippen LogP contribution in [0.15, 0.2) is 0 Å². The predicted molar refractivity (Wildman–Crippen MR) is 261 cm³/mol. The molecule has 3 aromatic carbocycles. The minimum absolute atomic E-state index is 0.170. The Balaban J connectivity index is 2.63. The van der Waals surface area contributed by atoms with Gasteiger partial charge in [-0.1, -0.05) is 77.6 Å². The van der Waals surface area contributed by atoms with Crippen molar-refractivity contribution >= 4 is 107 Å². The van der Waals surface area contributed by atoms with Crippen LogP contribution in [0.3, 0.4) is 0 Å². The van der Waals surface area contributed by atoms with E-state index in [1.54, 1.807) is 0 Å². The lowest BCUT2D eigenvalue weighted by atomic mass is 9.85. The third kappa shape index (κ3) is 14.1. The number of hydrogen-bond acceptors (Lipinski definition) is 21. The SMILES string of the molecule is CCCCCCCCCCCCCCOC(=O)c1c(C(=O)O)c(C(=O)O)c(C(=O)O)c(C(=O)OC(=O)c2c(C(=O)O)c(C(=O)O)c(C(=O)O)c(C(=O)O)c2C(=O)O)c1C(=O)OC(=O)c1c(C(=O)O)c(C(=O)O)c(C(=O)O)c(C(=O)O)c1C(=O)O. The van der Waals surface area contributed by atoms with E-state index in [0.29, 0.717) is 12.8 Å². The van der Waals surface area contributed by atoms with Crippen molar-refractivity contribution in [3.05, 3.63) is 100 Å². The Morgan fingerprint density at radius 1 is 0.214 bits per heavy atom. The van der Waals surface area contributed by atoms with Crippen LogP contribution < -0.4 is 0 Å². The normalized spacial score (nSPS) is 10.6. The molecule has 3 rings (SSSR count). The molecular formula is C50H42O34. The summed E-state index contributed by atoms with van der Waals surface area (Å²) >= 11 is 0. The fourth-order valence-electron chi connectivity index (χ4n) is 8.60. The van der Waals surface area contributed by atoms with Crippen LogP contribution in [-0.4, -0.2) is 180 Å². The number of rotatable bonds is 31. The Bertz CT molecular complexity index is 3350. The van der Waals surface area contributed by atoms with Gasteiger partial charge in [0.25, 0.3) is 0 Å². The maximum absolute atomic E-state index is 14.6. The summed E-state index contributed by atoms with van der Waals surface area (Å²) in [5.74, 6) is -51.3. The van der Waals surface area contributed by atoms with Gasteiger partial charge in [-0.2, -0.15) is 0 Å². The van der Waals surface area contributed by atoms with E-state index < -0.39 is 214 Å². The Kier molecular flexibility index (Phi) is 22.3. The molecule has 0 aliphatic heterocycles. The third-order valence-electron chi connectivity index (χ3n) is 11.9. The Hall–Kier alpha value is -11.5. The van der Waals surface area contributed by atoms with Crippen LogP contribution >= 0.6 is 0 Å². The summed E-state index contributed by atoms with van der Waals surface area (Å²) in [6.45, 7) is 1.14. The molecule has 0 aromatic heterocycles. The first-order valence-corrected chi connectivity index (χ1v) is 23.6. The second kappa shape index (κ2) is 28.1. The second-order valence-electron chi connectivity index (χ2n) is 17.1. The highest BCUT2D eigenvalue weighted by Gasteiger charge is 2.47. The first-order valence-electron chi connectivity index (χ1n) is 23.6. The number of carbonyl (C=O) groups excluding carboxylic acids is 5. The van der Waals surface area contributed by atoms with Crippen LogP contribution in [0.4, 0.5) is 0 Å². The highest BCUT2D eigenvalue weighted by molar-refractivity contribution is 6.29. The molecule has 0 spiro atoms. The second-order valence-corrected chi connectivity index (χ2v) is 17.1. The van der Waals surface area contributed by atoms with E-state index in [2.05, 4.69) is 9.47 Å². The molecule has 34 heteroatoms. The monoisotopic (exact) mass is 1190 g/mol. The summed E-state index contributed by atoms with van der Waals surface area (Å²) in [5.41, 5.74) is -42.3. The lowest BCUT2D eigenvalue weighted by Gasteiger charge is -2.21. The number of aromatic carboxylic acids is 13.